The van der Waals surface area contributed by atoms with Gasteiger partial charge in [-0.15, -0.1) is 0 Å². The number of rotatable bonds is 2. The highest BCUT2D eigenvalue weighted by Gasteiger charge is 2.31. The van der Waals surface area contributed by atoms with Crippen LogP contribution in [0, 0.1) is 0 Å². The number of benzene rings is 2. The summed E-state index contributed by atoms with van der Waals surface area (Å²) in [7, 11) is 1.63. The first-order valence-corrected chi connectivity index (χ1v) is 7.67. The van der Waals surface area contributed by atoms with Gasteiger partial charge in [-0.05, 0) is 37.3 Å². The van der Waals surface area contributed by atoms with Gasteiger partial charge in [-0.2, -0.15) is 13.2 Å². The summed E-state index contributed by atoms with van der Waals surface area (Å²) in [5.74, 6) is 0.681. The van der Waals surface area contributed by atoms with Crippen LogP contribution in [-0.4, -0.2) is 19.1 Å². The molecule has 1 unspecified atom stereocenters. The molecule has 2 aromatic carbocycles. The molecular formula is C17H13ClF3NO3. The highest BCUT2D eigenvalue weighted by molar-refractivity contribution is 6.32. The Balaban J connectivity index is 1.88. The van der Waals surface area contributed by atoms with Crippen molar-refractivity contribution >= 4 is 23.2 Å². The van der Waals surface area contributed by atoms with Crippen molar-refractivity contribution in [1.29, 1.82) is 0 Å². The maximum atomic E-state index is 12.7. The minimum Gasteiger partial charge on any atom is -0.479 e. The van der Waals surface area contributed by atoms with Gasteiger partial charge in [-0.1, -0.05) is 11.6 Å². The van der Waals surface area contributed by atoms with E-state index in [2.05, 4.69) is 0 Å². The van der Waals surface area contributed by atoms with Crippen molar-refractivity contribution in [2.75, 3.05) is 11.9 Å². The van der Waals surface area contributed by atoms with E-state index in [0.717, 1.165) is 18.2 Å². The van der Waals surface area contributed by atoms with Crippen LogP contribution in [0.4, 0.5) is 18.9 Å². The fraction of sp³-hybridized carbons (Fsp3) is 0.235. The van der Waals surface area contributed by atoms with Crippen LogP contribution in [0.25, 0.3) is 0 Å². The van der Waals surface area contributed by atoms with Crippen molar-refractivity contribution in [2.45, 2.75) is 19.2 Å². The van der Waals surface area contributed by atoms with Gasteiger partial charge < -0.3 is 14.4 Å². The Kier molecular flexibility index (Phi) is 4.28. The highest BCUT2D eigenvalue weighted by Crippen LogP contribution is 2.40. The number of carbonyl (C=O) groups is 1. The molecule has 0 N–H and O–H groups in total. The molecule has 1 aliphatic heterocycles. The number of nitrogens with zero attached hydrogens (tertiary/aromatic N) is 1. The number of alkyl halides is 3. The Bertz CT molecular complexity index is 838. The second-order valence-corrected chi connectivity index (χ2v) is 5.94. The first-order valence-electron chi connectivity index (χ1n) is 7.29. The molecule has 4 nitrogen and oxygen atoms in total. The van der Waals surface area contributed by atoms with E-state index in [0.29, 0.717) is 17.2 Å². The molecule has 3 rings (SSSR count). The Labute approximate surface area is 146 Å². The topological polar surface area (TPSA) is 38.8 Å². The SMILES string of the molecule is CC1Oc2cc(Oc3ccc(C(F)(F)F)cc3Cl)ccc2N(C)C1=O. The van der Waals surface area contributed by atoms with Crippen molar-refractivity contribution in [3.63, 3.8) is 0 Å². The molecule has 0 saturated heterocycles. The monoisotopic (exact) mass is 371 g/mol. The standard InChI is InChI=1S/C17H13ClF3NO3/c1-9-16(23)22(2)13-5-4-11(8-15(13)24-9)25-14-6-3-10(7-12(14)18)17(19,20)21/h3-9H,1-2H3. The molecule has 0 spiro atoms. The molecule has 1 amide bonds. The summed E-state index contributed by atoms with van der Waals surface area (Å²) in [5.41, 5.74) is -0.276. The van der Waals surface area contributed by atoms with Crippen LogP contribution in [0.2, 0.25) is 5.02 Å². The summed E-state index contributed by atoms with van der Waals surface area (Å²) < 4.78 is 49.1. The zero-order valence-corrected chi connectivity index (χ0v) is 14.0. The lowest BCUT2D eigenvalue weighted by atomic mass is 10.2. The van der Waals surface area contributed by atoms with E-state index in [1.165, 1.54) is 4.90 Å². The summed E-state index contributed by atoms with van der Waals surface area (Å²) >= 11 is 5.89. The third-order valence-corrected chi connectivity index (χ3v) is 4.06. The summed E-state index contributed by atoms with van der Waals surface area (Å²) in [6, 6.07) is 7.62. The molecule has 25 heavy (non-hydrogen) atoms. The van der Waals surface area contributed by atoms with E-state index in [-0.39, 0.29) is 16.7 Å². The van der Waals surface area contributed by atoms with E-state index in [1.807, 2.05) is 0 Å². The number of likely N-dealkylation sites (N-methyl/N-ethyl adjacent to an activating group) is 1. The van der Waals surface area contributed by atoms with Crippen LogP contribution in [0.5, 0.6) is 17.2 Å². The summed E-state index contributed by atoms with van der Waals surface area (Å²) in [6.45, 7) is 1.63. The summed E-state index contributed by atoms with van der Waals surface area (Å²) in [4.78, 5) is 13.4. The zero-order chi connectivity index (χ0) is 18.4. The molecule has 1 heterocycles. The van der Waals surface area contributed by atoms with Crippen LogP contribution < -0.4 is 14.4 Å². The molecule has 0 aromatic heterocycles. The van der Waals surface area contributed by atoms with E-state index in [1.54, 1.807) is 32.2 Å². The fourth-order valence-electron chi connectivity index (χ4n) is 2.45. The van der Waals surface area contributed by atoms with Crippen molar-refractivity contribution in [3.05, 3.63) is 47.0 Å². The number of carbonyl (C=O) groups excluding carboxylic acids is 1. The van der Waals surface area contributed by atoms with E-state index < -0.39 is 17.8 Å². The third-order valence-electron chi connectivity index (χ3n) is 3.76. The molecule has 0 saturated carbocycles. The summed E-state index contributed by atoms with van der Waals surface area (Å²) in [6.07, 6.45) is -5.11. The molecule has 0 fully saturated rings. The van der Waals surface area contributed by atoms with Gasteiger partial charge in [-0.25, -0.2) is 0 Å². The predicted molar refractivity (Wildman–Crippen MR) is 86.5 cm³/mol. The molecule has 1 atom stereocenters. The number of hydrogen-bond acceptors (Lipinski definition) is 3. The number of halogens is 4. The second-order valence-electron chi connectivity index (χ2n) is 5.53. The summed E-state index contributed by atoms with van der Waals surface area (Å²) in [5, 5.41) is -0.158. The zero-order valence-electron chi connectivity index (χ0n) is 13.2. The predicted octanol–water partition coefficient (Wildman–Crippen LogP) is 4.89. The maximum absolute atomic E-state index is 12.7. The molecule has 1 aliphatic rings. The van der Waals surface area contributed by atoms with E-state index >= 15 is 0 Å². The smallest absolute Gasteiger partial charge is 0.416 e. The van der Waals surface area contributed by atoms with Crippen molar-refractivity contribution in [3.8, 4) is 17.2 Å². The van der Waals surface area contributed by atoms with Crippen molar-refractivity contribution < 1.29 is 27.4 Å². The third kappa shape index (κ3) is 3.37. The number of ether oxygens (including phenoxy) is 2. The van der Waals surface area contributed by atoms with Crippen LogP contribution in [0.15, 0.2) is 36.4 Å². The fourth-order valence-corrected chi connectivity index (χ4v) is 2.67. The Hall–Kier alpha value is -2.41. The lowest BCUT2D eigenvalue weighted by Gasteiger charge is -2.30. The average Bonchev–Trinajstić information content (AvgIpc) is 2.53. The number of amides is 1. The maximum Gasteiger partial charge on any atom is 0.416 e. The Morgan fingerprint density at radius 2 is 1.92 bits per heavy atom. The van der Waals surface area contributed by atoms with Crippen molar-refractivity contribution in [2.24, 2.45) is 0 Å². The minimum absolute atomic E-state index is 0.0860. The number of anilines is 1. The number of hydrogen-bond donors (Lipinski definition) is 0. The molecule has 2 aromatic rings. The Morgan fingerprint density at radius 3 is 2.56 bits per heavy atom. The lowest BCUT2D eigenvalue weighted by molar-refractivity contribution is -0.137. The van der Waals surface area contributed by atoms with Crippen LogP contribution in [-0.2, 0) is 11.0 Å². The molecule has 0 bridgehead atoms. The molecule has 132 valence electrons. The highest BCUT2D eigenvalue weighted by atomic mass is 35.5. The van der Waals surface area contributed by atoms with Crippen LogP contribution >= 0.6 is 11.6 Å². The second kappa shape index (κ2) is 6.15. The van der Waals surface area contributed by atoms with Gasteiger partial charge in [0.15, 0.2) is 6.10 Å². The first-order chi connectivity index (χ1) is 11.7. The van der Waals surface area contributed by atoms with Gasteiger partial charge in [0, 0.05) is 13.1 Å². The molecular weight excluding hydrogens is 359 g/mol. The van der Waals surface area contributed by atoms with Gasteiger partial charge in [0.1, 0.15) is 17.2 Å². The van der Waals surface area contributed by atoms with Crippen molar-refractivity contribution in [1.82, 2.24) is 0 Å². The first kappa shape index (κ1) is 17.4. The van der Waals surface area contributed by atoms with Crippen LogP contribution in [0.3, 0.4) is 0 Å². The van der Waals surface area contributed by atoms with Gasteiger partial charge in [0.05, 0.1) is 16.3 Å². The van der Waals surface area contributed by atoms with Gasteiger partial charge in [-0.3, -0.25) is 4.79 Å². The van der Waals surface area contributed by atoms with Gasteiger partial charge in [0.2, 0.25) is 0 Å². The molecule has 0 aliphatic carbocycles. The quantitative estimate of drug-likeness (QED) is 0.754. The van der Waals surface area contributed by atoms with E-state index in [9.17, 15) is 18.0 Å². The average molecular weight is 372 g/mol. The van der Waals surface area contributed by atoms with Crippen LogP contribution in [0.1, 0.15) is 12.5 Å². The van der Waals surface area contributed by atoms with Gasteiger partial charge in [0.25, 0.3) is 5.91 Å². The lowest BCUT2D eigenvalue weighted by Crippen LogP contribution is -2.41. The molecule has 8 heteroatoms. The largest absolute Gasteiger partial charge is 0.479 e. The van der Waals surface area contributed by atoms with E-state index in [4.69, 9.17) is 21.1 Å². The minimum atomic E-state index is -4.48. The number of fused-ring (bicyclic) bond motifs is 1. The van der Waals surface area contributed by atoms with Gasteiger partial charge >= 0.3 is 6.18 Å². The normalized spacial score (nSPS) is 17.1. The molecule has 0 radical (unpaired) electrons. The Morgan fingerprint density at radius 1 is 1.20 bits per heavy atom.